The third kappa shape index (κ3) is 6.37. The maximum atomic E-state index is 2.77. The van der Waals surface area contributed by atoms with E-state index in [1.54, 1.807) is 0 Å². The van der Waals surface area contributed by atoms with E-state index in [9.17, 15) is 0 Å². The summed E-state index contributed by atoms with van der Waals surface area (Å²) in [5.74, 6) is 0. The van der Waals surface area contributed by atoms with Crippen molar-refractivity contribution in [1.82, 2.24) is 0 Å². The lowest BCUT2D eigenvalue weighted by Gasteiger charge is -2.51. The monoisotopic (exact) mass is 878 g/mol. The molecular weight excluding hydrogens is 810 g/mol. The number of hydrogen-bond donors (Lipinski definition) is 0. The van der Waals surface area contributed by atoms with Gasteiger partial charge in [0.05, 0.1) is 5.54 Å². The summed E-state index contributed by atoms with van der Waals surface area (Å²) in [6.07, 6.45) is 2.18. The Kier molecular flexibility index (Phi) is 9.43. The molecule has 0 fully saturated rings. The molecule has 0 spiro atoms. The smallest absolute Gasteiger partial charge is 0.252 e. The molecule has 3 nitrogen and oxygen atoms in total. The summed E-state index contributed by atoms with van der Waals surface area (Å²) >= 11 is 0. The van der Waals surface area contributed by atoms with E-state index in [2.05, 4.69) is 245 Å². The fourth-order valence-corrected chi connectivity index (χ4v) is 12.7. The maximum Gasteiger partial charge on any atom is 0.252 e. The molecule has 0 saturated carbocycles. The summed E-state index contributed by atoms with van der Waals surface area (Å²) in [5.41, 5.74) is 26.0. The first-order valence-corrected chi connectivity index (χ1v) is 24.8. The first kappa shape index (κ1) is 43.6. The molecular formula is C63H68BN3. The minimum absolute atomic E-state index is 0.00452. The van der Waals surface area contributed by atoms with E-state index in [0.29, 0.717) is 0 Å². The number of aryl methyl sites for hydroxylation is 4. The lowest BCUT2D eigenvalue weighted by Crippen LogP contribution is -2.61. The van der Waals surface area contributed by atoms with Gasteiger partial charge < -0.3 is 14.7 Å². The van der Waals surface area contributed by atoms with Gasteiger partial charge in [0, 0.05) is 50.9 Å². The van der Waals surface area contributed by atoms with Crippen molar-refractivity contribution < 1.29 is 0 Å². The van der Waals surface area contributed by atoms with Crippen LogP contribution in [0.4, 0.5) is 45.5 Å². The predicted octanol–water partition coefficient (Wildman–Crippen LogP) is 14.9. The van der Waals surface area contributed by atoms with Gasteiger partial charge in [-0.25, -0.2) is 0 Å². The van der Waals surface area contributed by atoms with E-state index in [-0.39, 0.29) is 33.9 Å². The molecule has 1 aliphatic carbocycles. The molecule has 11 rings (SSSR count). The zero-order valence-corrected chi connectivity index (χ0v) is 42.5. The second-order valence-electron chi connectivity index (χ2n) is 24.1. The molecule has 4 aliphatic rings. The van der Waals surface area contributed by atoms with Crippen LogP contribution in [0, 0.1) is 20.8 Å². The van der Waals surface area contributed by atoms with Crippen molar-refractivity contribution in [3.05, 3.63) is 184 Å². The third-order valence-electron chi connectivity index (χ3n) is 16.5. The molecule has 0 aromatic heterocycles. The Morgan fingerprint density at radius 3 is 1.72 bits per heavy atom. The van der Waals surface area contributed by atoms with Crippen LogP contribution >= 0.6 is 0 Å². The second-order valence-corrected chi connectivity index (χ2v) is 24.1. The Hall–Kier alpha value is -6.00. The number of anilines is 8. The Labute approximate surface area is 402 Å². The highest BCUT2D eigenvalue weighted by molar-refractivity contribution is 7.00. The van der Waals surface area contributed by atoms with Gasteiger partial charge in [-0.05, 0) is 172 Å². The summed E-state index contributed by atoms with van der Waals surface area (Å²) in [4.78, 5) is 7.97. The SMILES string of the molecule is Cc1cc2c3c(c1)N(c1cccc(C(C)(C)C)c1)c1cc(C(C)(C)C)ccc1B3c1ccc(N3c4c(C)cc(C)cc4C4(C)CCc5ccccc5C34C)cc1N2c1ccc(C(C)(C)C)cc1. The summed E-state index contributed by atoms with van der Waals surface area (Å²) < 4.78 is 0. The van der Waals surface area contributed by atoms with Crippen LogP contribution in [0.1, 0.15) is 133 Å². The van der Waals surface area contributed by atoms with E-state index in [1.807, 2.05) is 0 Å². The molecule has 2 atom stereocenters. The number of rotatable bonds is 3. The molecule has 2 unspecified atom stereocenters. The maximum absolute atomic E-state index is 2.77. The van der Waals surface area contributed by atoms with Gasteiger partial charge in [-0.2, -0.15) is 0 Å². The van der Waals surface area contributed by atoms with Gasteiger partial charge in [0.2, 0.25) is 0 Å². The minimum Gasteiger partial charge on any atom is -0.330 e. The van der Waals surface area contributed by atoms with Crippen molar-refractivity contribution in [3.63, 3.8) is 0 Å². The van der Waals surface area contributed by atoms with E-state index < -0.39 is 0 Å². The number of fused-ring (bicyclic) bond motifs is 9. The molecule has 0 saturated heterocycles. The lowest BCUT2D eigenvalue weighted by molar-refractivity contribution is 0.245. The molecule has 3 heterocycles. The quantitative estimate of drug-likeness (QED) is 0.164. The van der Waals surface area contributed by atoms with Gasteiger partial charge in [-0.15, -0.1) is 0 Å². The molecule has 7 aromatic carbocycles. The Bertz CT molecular complexity index is 3170. The van der Waals surface area contributed by atoms with Crippen molar-refractivity contribution in [2.24, 2.45) is 0 Å². The Morgan fingerprint density at radius 1 is 0.478 bits per heavy atom. The molecule has 0 amide bonds. The van der Waals surface area contributed by atoms with Crippen molar-refractivity contribution in [2.45, 2.75) is 137 Å². The van der Waals surface area contributed by atoms with Crippen LogP contribution in [-0.4, -0.2) is 6.71 Å². The van der Waals surface area contributed by atoms with Crippen molar-refractivity contribution >= 4 is 68.6 Å². The zero-order chi connectivity index (χ0) is 47.3. The lowest BCUT2D eigenvalue weighted by atomic mass is 9.33. The molecule has 3 aliphatic heterocycles. The van der Waals surface area contributed by atoms with Crippen molar-refractivity contribution in [2.75, 3.05) is 14.7 Å². The van der Waals surface area contributed by atoms with Crippen LogP contribution in [0.5, 0.6) is 0 Å². The minimum atomic E-state index is -0.310. The summed E-state index contributed by atoms with van der Waals surface area (Å²) in [7, 11) is 0. The highest BCUT2D eigenvalue weighted by Crippen LogP contribution is 2.65. The molecule has 0 radical (unpaired) electrons. The average molecular weight is 878 g/mol. The van der Waals surface area contributed by atoms with Crippen LogP contribution in [0.2, 0.25) is 0 Å². The van der Waals surface area contributed by atoms with E-state index in [1.165, 1.54) is 112 Å². The van der Waals surface area contributed by atoms with Gasteiger partial charge >= 0.3 is 0 Å². The first-order chi connectivity index (χ1) is 31.6. The van der Waals surface area contributed by atoms with E-state index in [0.717, 1.165) is 12.8 Å². The highest BCUT2D eigenvalue weighted by Gasteiger charge is 2.60. The molecule has 7 aromatic rings. The van der Waals surface area contributed by atoms with Gasteiger partial charge in [0.15, 0.2) is 0 Å². The van der Waals surface area contributed by atoms with Crippen molar-refractivity contribution in [1.29, 1.82) is 0 Å². The third-order valence-corrected chi connectivity index (χ3v) is 16.5. The molecule has 0 N–H and O–H groups in total. The van der Waals surface area contributed by atoms with Crippen LogP contribution in [0.3, 0.4) is 0 Å². The normalized spacial score (nSPS) is 19.4. The van der Waals surface area contributed by atoms with Gasteiger partial charge in [-0.1, -0.05) is 154 Å². The van der Waals surface area contributed by atoms with Crippen molar-refractivity contribution in [3.8, 4) is 0 Å². The Balaban J connectivity index is 1.21. The molecule has 4 heteroatoms. The van der Waals surface area contributed by atoms with Gasteiger partial charge in [0.25, 0.3) is 6.71 Å². The molecule has 67 heavy (non-hydrogen) atoms. The molecule has 338 valence electrons. The Morgan fingerprint density at radius 2 is 1.04 bits per heavy atom. The van der Waals surface area contributed by atoms with Crippen LogP contribution in [-0.2, 0) is 33.6 Å². The van der Waals surface area contributed by atoms with Gasteiger partial charge in [-0.3, -0.25) is 0 Å². The van der Waals surface area contributed by atoms with Crippen LogP contribution in [0.25, 0.3) is 0 Å². The summed E-state index contributed by atoms with van der Waals surface area (Å²) in [5, 5.41) is 0. The zero-order valence-electron chi connectivity index (χ0n) is 42.5. The van der Waals surface area contributed by atoms with Gasteiger partial charge in [0.1, 0.15) is 0 Å². The van der Waals surface area contributed by atoms with Crippen LogP contribution in [0.15, 0.2) is 133 Å². The number of hydrogen-bond acceptors (Lipinski definition) is 3. The topological polar surface area (TPSA) is 9.72 Å². The fraction of sp³-hybridized carbons (Fsp3) is 0.333. The van der Waals surface area contributed by atoms with E-state index >= 15 is 0 Å². The fourth-order valence-electron chi connectivity index (χ4n) is 12.7. The standard InChI is InChI=1S/C63H68BN3/c1-39-32-41(3)58-50(33-39)62(13)31-30-42-18-15-16-21-49(42)63(62,14)67(58)48-27-29-52-54(38-48)65(46-25-22-43(23-26-46)59(4,5)6)55-34-40(2)35-56-57(55)64(52)51-28-24-45(61(10,11)12)37-53(51)66(56)47-20-17-19-44(36-47)60(7,8)9/h15-29,32-38H,30-31H2,1-14H3. The van der Waals surface area contributed by atoms with E-state index in [4.69, 9.17) is 0 Å². The predicted molar refractivity (Wildman–Crippen MR) is 289 cm³/mol. The summed E-state index contributed by atoms with van der Waals surface area (Å²) in [6.45, 7) is 33.0. The summed E-state index contributed by atoms with van der Waals surface area (Å²) in [6, 6.07) is 52.8. The average Bonchev–Trinajstić information content (AvgIpc) is 3.48. The largest absolute Gasteiger partial charge is 0.330 e. The first-order valence-electron chi connectivity index (χ1n) is 24.8. The van der Waals surface area contributed by atoms with Crippen LogP contribution < -0.4 is 31.1 Å². The number of nitrogens with zero attached hydrogens (tertiary/aromatic N) is 3. The molecule has 0 bridgehead atoms. The highest BCUT2D eigenvalue weighted by atomic mass is 15.3. The number of benzene rings is 7. The second kappa shape index (κ2) is 14.5.